The van der Waals surface area contributed by atoms with E-state index in [0.29, 0.717) is 54.5 Å². The maximum atomic E-state index is 13.8. The number of nitrogens with zero attached hydrogens (tertiary/aromatic N) is 1. The van der Waals surface area contributed by atoms with E-state index in [1.807, 2.05) is 24.3 Å². The molecule has 3 aromatic rings. The maximum Gasteiger partial charge on any atom is 0.319 e. The van der Waals surface area contributed by atoms with Gasteiger partial charge in [-0.1, -0.05) is 12.1 Å². The molecule has 2 amide bonds. The van der Waals surface area contributed by atoms with Gasteiger partial charge in [-0.15, -0.1) is 0 Å². The normalized spacial score (nSPS) is 12.4. The Morgan fingerprint density at radius 3 is 2.97 bits per heavy atom. The molecule has 0 bridgehead atoms. The van der Waals surface area contributed by atoms with Crippen molar-refractivity contribution in [3.63, 3.8) is 0 Å². The van der Waals surface area contributed by atoms with Crippen molar-refractivity contribution in [2.75, 3.05) is 18.7 Å². The summed E-state index contributed by atoms with van der Waals surface area (Å²) in [5.74, 6) is 0.900. The van der Waals surface area contributed by atoms with Crippen LogP contribution in [-0.4, -0.2) is 24.4 Å². The molecular weight excluding hydrogens is 401 g/mol. The summed E-state index contributed by atoms with van der Waals surface area (Å²) in [6.07, 6.45) is 2.14. The first-order valence-electron chi connectivity index (χ1n) is 9.87. The maximum absolute atomic E-state index is 13.8. The van der Waals surface area contributed by atoms with Crippen molar-refractivity contribution >= 4 is 11.7 Å². The van der Waals surface area contributed by atoms with Gasteiger partial charge in [0.2, 0.25) is 0 Å². The number of aromatic nitrogens is 1. The molecule has 0 saturated heterocycles. The molecule has 4 rings (SSSR count). The fourth-order valence-corrected chi connectivity index (χ4v) is 3.23. The molecule has 0 spiro atoms. The summed E-state index contributed by atoms with van der Waals surface area (Å²) in [6, 6.07) is 15.2. The van der Waals surface area contributed by atoms with Gasteiger partial charge >= 0.3 is 6.03 Å². The average molecular weight is 423 g/mol. The van der Waals surface area contributed by atoms with Gasteiger partial charge in [0.25, 0.3) is 0 Å². The molecular formula is C23H22FN3O4. The first-order chi connectivity index (χ1) is 15.2. The topological polar surface area (TPSA) is 81.7 Å². The Morgan fingerprint density at radius 1 is 1.16 bits per heavy atom. The molecule has 1 aromatic heterocycles. The number of carbonyl (C=O) groups excluding carboxylic acids is 1. The molecule has 0 radical (unpaired) electrons. The van der Waals surface area contributed by atoms with E-state index < -0.39 is 0 Å². The van der Waals surface area contributed by atoms with Gasteiger partial charge in [-0.2, -0.15) is 0 Å². The average Bonchev–Trinajstić information content (AvgIpc) is 2.78. The molecule has 0 unspecified atom stereocenters. The van der Waals surface area contributed by atoms with E-state index in [1.54, 1.807) is 24.4 Å². The van der Waals surface area contributed by atoms with E-state index >= 15 is 0 Å². The van der Waals surface area contributed by atoms with Gasteiger partial charge in [-0.25, -0.2) is 9.18 Å². The summed E-state index contributed by atoms with van der Waals surface area (Å²) in [4.78, 5) is 16.5. The monoisotopic (exact) mass is 423 g/mol. The van der Waals surface area contributed by atoms with Crippen molar-refractivity contribution in [3.05, 3.63) is 83.4 Å². The lowest BCUT2D eigenvalue weighted by Gasteiger charge is -2.21. The minimum atomic E-state index is -0.364. The van der Waals surface area contributed by atoms with Gasteiger partial charge in [0.15, 0.2) is 6.79 Å². The first-order valence-corrected chi connectivity index (χ1v) is 9.87. The number of pyridine rings is 1. The fourth-order valence-electron chi connectivity index (χ4n) is 3.23. The molecule has 0 aliphatic carbocycles. The highest BCUT2D eigenvalue weighted by atomic mass is 19.1. The molecule has 2 heterocycles. The van der Waals surface area contributed by atoms with Crippen LogP contribution >= 0.6 is 0 Å². The molecule has 0 fully saturated rings. The summed E-state index contributed by atoms with van der Waals surface area (Å²) in [7, 11) is 0. The van der Waals surface area contributed by atoms with Crippen molar-refractivity contribution in [3.8, 4) is 11.5 Å². The fraction of sp³-hybridized carbons (Fsp3) is 0.217. The van der Waals surface area contributed by atoms with Crippen LogP contribution in [0.4, 0.5) is 14.9 Å². The van der Waals surface area contributed by atoms with Crippen LogP contribution in [0.5, 0.6) is 11.5 Å². The van der Waals surface area contributed by atoms with Gasteiger partial charge in [0.05, 0.1) is 12.3 Å². The number of nitrogens with one attached hydrogen (secondary N) is 2. The number of anilines is 1. The Morgan fingerprint density at radius 2 is 2.10 bits per heavy atom. The number of fused-ring (bicyclic) bond motifs is 1. The quantitative estimate of drug-likeness (QED) is 0.600. The van der Waals surface area contributed by atoms with Gasteiger partial charge in [-0.05, 0) is 48.4 Å². The van der Waals surface area contributed by atoms with Gasteiger partial charge < -0.3 is 24.8 Å². The predicted molar refractivity (Wildman–Crippen MR) is 112 cm³/mol. The molecule has 1 aliphatic rings. The van der Waals surface area contributed by atoms with Crippen molar-refractivity contribution in [2.45, 2.75) is 19.6 Å². The van der Waals surface area contributed by atoms with Gasteiger partial charge in [0.1, 0.15) is 23.9 Å². The third-order valence-electron chi connectivity index (χ3n) is 4.64. The SMILES string of the molecule is O=C(NCCc1cc(F)cc2c1OCOC2)Nc1cccc(OCc2ccccn2)c1. The number of rotatable bonds is 7. The summed E-state index contributed by atoms with van der Waals surface area (Å²) in [5.41, 5.74) is 2.78. The molecule has 31 heavy (non-hydrogen) atoms. The zero-order valence-electron chi connectivity index (χ0n) is 16.8. The van der Waals surface area contributed by atoms with Crippen LogP contribution in [0.15, 0.2) is 60.8 Å². The second kappa shape index (κ2) is 9.90. The molecule has 0 atom stereocenters. The van der Waals surface area contributed by atoms with Crippen LogP contribution in [0.1, 0.15) is 16.8 Å². The van der Waals surface area contributed by atoms with E-state index in [2.05, 4.69) is 15.6 Å². The van der Waals surface area contributed by atoms with Crippen molar-refractivity contribution in [1.82, 2.24) is 10.3 Å². The number of halogens is 1. The number of hydrogen-bond acceptors (Lipinski definition) is 5. The number of ether oxygens (including phenoxy) is 3. The van der Waals surface area contributed by atoms with Crippen molar-refractivity contribution in [1.29, 1.82) is 0 Å². The first kappa shape index (κ1) is 20.6. The standard InChI is InChI=1S/C23H22FN3O4/c24-18-10-16(22-17(11-18)13-29-15-31-22)7-9-26-23(28)27-19-5-3-6-21(12-19)30-14-20-4-1-2-8-25-20/h1-6,8,10-12H,7,9,13-15H2,(H2,26,27,28). The summed E-state index contributed by atoms with van der Waals surface area (Å²) in [6.45, 7) is 1.11. The number of benzene rings is 2. The zero-order valence-corrected chi connectivity index (χ0v) is 16.8. The minimum absolute atomic E-state index is 0.137. The van der Waals surface area contributed by atoms with E-state index in [1.165, 1.54) is 12.1 Å². The largest absolute Gasteiger partial charge is 0.487 e. The number of hydrogen-bond donors (Lipinski definition) is 2. The third-order valence-corrected chi connectivity index (χ3v) is 4.64. The van der Waals surface area contributed by atoms with Crippen molar-refractivity contribution in [2.24, 2.45) is 0 Å². The van der Waals surface area contributed by atoms with E-state index in [9.17, 15) is 9.18 Å². The predicted octanol–water partition coefficient (Wildman–Crippen LogP) is 4.03. The van der Waals surface area contributed by atoms with Crippen LogP contribution in [0.2, 0.25) is 0 Å². The molecule has 2 aromatic carbocycles. The lowest BCUT2D eigenvalue weighted by atomic mass is 10.1. The Labute approximate surface area is 179 Å². The van der Waals surface area contributed by atoms with Crippen LogP contribution in [0.3, 0.4) is 0 Å². The van der Waals surface area contributed by atoms with Gasteiger partial charge in [-0.3, -0.25) is 4.98 Å². The van der Waals surface area contributed by atoms with Crippen LogP contribution in [-0.2, 0) is 24.4 Å². The summed E-state index contributed by atoms with van der Waals surface area (Å²) >= 11 is 0. The zero-order chi connectivity index (χ0) is 21.5. The van der Waals surface area contributed by atoms with Crippen LogP contribution in [0.25, 0.3) is 0 Å². The van der Waals surface area contributed by atoms with Crippen LogP contribution in [0, 0.1) is 5.82 Å². The van der Waals surface area contributed by atoms with Crippen LogP contribution < -0.4 is 20.1 Å². The Hall–Kier alpha value is -3.65. The molecule has 8 heteroatoms. The highest BCUT2D eigenvalue weighted by Gasteiger charge is 2.17. The van der Waals surface area contributed by atoms with Crippen molar-refractivity contribution < 1.29 is 23.4 Å². The molecule has 7 nitrogen and oxygen atoms in total. The molecule has 2 N–H and O–H groups in total. The van der Waals surface area contributed by atoms with E-state index in [-0.39, 0.29) is 18.6 Å². The second-order valence-electron chi connectivity index (χ2n) is 6.93. The summed E-state index contributed by atoms with van der Waals surface area (Å²) in [5, 5.41) is 5.54. The number of carbonyl (C=O) groups is 1. The lowest BCUT2D eigenvalue weighted by Crippen LogP contribution is -2.30. The lowest BCUT2D eigenvalue weighted by molar-refractivity contribution is -0.0172. The summed E-state index contributed by atoms with van der Waals surface area (Å²) < 4.78 is 30.2. The second-order valence-corrected chi connectivity index (χ2v) is 6.93. The molecule has 160 valence electrons. The smallest absolute Gasteiger partial charge is 0.319 e. The minimum Gasteiger partial charge on any atom is -0.487 e. The Bertz CT molecular complexity index is 1050. The third kappa shape index (κ3) is 5.70. The van der Waals surface area contributed by atoms with E-state index in [4.69, 9.17) is 14.2 Å². The highest BCUT2D eigenvalue weighted by molar-refractivity contribution is 5.89. The number of amides is 2. The molecule has 1 aliphatic heterocycles. The molecule has 0 saturated carbocycles. The number of urea groups is 1. The highest BCUT2D eigenvalue weighted by Crippen LogP contribution is 2.29. The Balaban J connectivity index is 1.28. The Kier molecular flexibility index (Phi) is 6.59. The van der Waals surface area contributed by atoms with E-state index in [0.717, 1.165) is 5.69 Å². The van der Waals surface area contributed by atoms with Gasteiger partial charge in [0, 0.05) is 30.1 Å².